The minimum Gasteiger partial charge on any atom is -0.493 e. The summed E-state index contributed by atoms with van der Waals surface area (Å²) in [6.45, 7) is 3.61. The van der Waals surface area contributed by atoms with Crippen molar-refractivity contribution in [1.82, 2.24) is 15.5 Å². The molecule has 0 fully saturated rings. The van der Waals surface area contributed by atoms with Gasteiger partial charge in [-0.1, -0.05) is 60.7 Å². The summed E-state index contributed by atoms with van der Waals surface area (Å²) < 4.78 is 10.9. The van der Waals surface area contributed by atoms with Gasteiger partial charge in [-0.15, -0.1) is 0 Å². The van der Waals surface area contributed by atoms with Gasteiger partial charge in [0.15, 0.2) is 16.6 Å². The van der Waals surface area contributed by atoms with Gasteiger partial charge in [-0.25, -0.2) is 0 Å². The SMILES string of the molecule is COc1cc2c(cc1OC)CN(CCNC(=S)NC(c1ccccc1)c1ccccc1)CC2. The predicted octanol–water partition coefficient (Wildman–Crippen LogP) is 4.32. The maximum atomic E-state index is 5.65. The molecule has 6 heteroatoms. The Morgan fingerprint density at radius 1 is 0.909 bits per heavy atom. The molecule has 0 aromatic heterocycles. The van der Waals surface area contributed by atoms with E-state index in [2.05, 4.69) is 76.2 Å². The average Bonchev–Trinajstić information content (AvgIpc) is 2.87. The molecule has 2 N–H and O–H groups in total. The van der Waals surface area contributed by atoms with Crippen molar-refractivity contribution in [3.63, 3.8) is 0 Å². The van der Waals surface area contributed by atoms with Crippen LogP contribution in [0, 0.1) is 0 Å². The van der Waals surface area contributed by atoms with Crippen LogP contribution in [0.25, 0.3) is 0 Å². The van der Waals surface area contributed by atoms with Crippen LogP contribution in [0.2, 0.25) is 0 Å². The molecule has 3 aromatic carbocycles. The fourth-order valence-electron chi connectivity index (χ4n) is 4.29. The Balaban J connectivity index is 1.33. The van der Waals surface area contributed by atoms with Gasteiger partial charge in [-0.2, -0.15) is 0 Å². The lowest BCUT2D eigenvalue weighted by atomic mass is 9.99. The highest BCUT2D eigenvalue weighted by Crippen LogP contribution is 2.33. The van der Waals surface area contributed by atoms with Gasteiger partial charge in [-0.3, -0.25) is 4.90 Å². The van der Waals surface area contributed by atoms with Crippen LogP contribution in [0.3, 0.4) is 0 Å². The van der Waals surface area contributed by atoms with Crippen molar-refractivity contribution >= 4 is 17.3 Å². The zero-order chi connectivity index (χ0) is 23.0. The van der Waals surface area contributed by atoms with Gasteiger partial charge < -0.3 is 20.1 Å². The van der Waals surface area contributed by atoms with Gasteiger partial charge in [0.05, 0.1) is 20.3 Å². The zero-order valence-corrected chi connectivity index (χ0v) is 20.0. The van der Waals surface area contributed by atoms with E-state index in [-0.39, 0.29) is 6.04 Å². The van der Waals surface area contributed by atoms with E-state index in [1.54, 1.807) is 14.2 Å². The van der Waals surface area contributed by atoms with Crippen molar-refractivity contribution in [2.24, 2.45) is 0 Å². The number of fused-ring (bicyclic) bond motifs is 1. The van der Waals surface area contributed by atoms with E-state index in [1.165, 1.54) is 22.3 Å². The maximum absolute atomic E-state index is 5.65. The summed E-state index contributed by atoms with van der Waals surface area (Å²) in [5, 5.41) is 7.56. The number of hydrogen-bond donors (Lipinski definition) is 2. The summed E-state index contributed by atoms with van der Waals surface area (Å²) in [6, 6.07) is 25.0. The van der Waals surface area contributed by atoms with E-state index in [0.29, 0.717) is 5.11 Å². The molecule has 3 aromatic rings. The van der Waals surface area contributed by atoms with Gasteiger partial charge in [0.2, 0.25) is 0 Å². The van der Waals surface area contributed by atoms with Gasteiger partial charge in [0.25, 0.3) is 0 Å². The Kier molecular flexibility index (Phi) is 7.81. The minimum absolute atomic E-state index is 0.0108. The second-order valence-electron chi connectivity index (χ2n) is 8.16. The predicted molar refractivity (Wildman–Crippen MR) is 137 cm³/mol. The van der Waals surface area contributed by atoms with E-state index in [9.17, 15) is 0 Å². The zero-order valence-electron chi connectivity index (χ0n) is 19.2. The second-order valence-corrected chi connectivity index (χ2v) is 8.56. The van der Waals surface area contributed by atoms with Crippen LogP contribution in [0.1, 0.15) is 28.3 Å². The lowest BCUT2D eigenvalue weighted by molar-refractivity contribution is 0.256. The maximum Gasteiger partial charge on any atom is 0.167 e. The topological polar surface area (TPSA) is 45.8 Å². The molecule has 0 saturated carbocycles. The third-order valence-corrected chi connectivity index (χ3v) is 6.31. The van der Waals surface area contributed by atoms with Crippen LogP contribution >= 0.6 is 12.2 Å². The van der Waals surface area contributed by atoms with Crippen LogP contribution in [0.5, 0.6) is 11.5 Å². The van der Waals surface area contributed by atoms with E-state index < -0.39 is 0 Å². The summed E-state index contributed by atoms with van der Waals surface area (Å²) in [5.74, 6) is 1.59. The highest BCUT2D eigenvalue weighted by atomic mass is 32.1. The molecule has 33 heavy (non-hydrogen) atoms. The van der Waals surface area contributed by atoms with Gasteiger partial charge in [0, 0.05) is 26.2 Å². The van der Waals surface area contributed by atoms with Gasteiger partial charge in [0.1, 0.15) is 0 Å². The number of nitrogens with one attached hydrogen (secondary N) is 2. The fourth-order valence-corrected chi connectivity index (χ4v) is 4.51. The summed E-state index contributed by atoms with van der Waals surface area (Å²) in [5.41, 5.74) is 5.00. The molecular formula is C27H31N3O2S. The largest absolute Gasteiger partial charge is 0.493 e. The first-order valence-electron chi connectivity index (χ1n) is 11.3. The molecule has 0 bridgehead atoms. The van der Waals surface area contributed by atoms with Crippen molar-refractivity contribution < 1.29 is 9.47 Å². The molecule has 1 aliphatic rings. The molecule has 0 radical (unpaired) electrons. The number of methoxy groups -OCH3 is 2. The average molecular weight is 462 g/mol. The van der Waals surface area contributed by atoms with Crippen LogP contribution in [0.15, 0.2) is 72.8 Å². The standard InChI is InChI=1S/C27H31N3O2S/c1-31-24-17-22-13-15-30(19-23(22)18-25(24)32-2)16-14-28-27(33)29-26(20-9-5-3-6-10-20)21-11-7-4-8-12-21/h3-12,17-18,26H,13-16,19H2,1-2H3,(H2,28,29,33). The first-order valence-corrected chi connectivity index (χ1v) is 11.7. The molecule has 0 atom stereocenters. The normalized spacial score (nSPS) is 13.3. The van der Waals surface area contributed by atoms with Crippen molar-refractivity contribution in [2.75, 3.05) is 33.9 Å². The number of benzene rings is 3. The van der Waals surface area contributed by atoms with E-state index in [1.807, 2.05) is 12.1 Å². The third-order valence-electron chi connectivity index (χ3n) is 6.05. The number of hydrogen-bond acceptors (Lipinski definition) is 4. The molecule has 172 valence electrons. The Morgan fingerprint density at radius 3 is 2.06 bits per heavy atom. The summed E-state index contributed by atoms with van der Waals surface area (Å²) in [7, 11) is 3.36. The summed E-state index contributed by atoms with van der Waals surface area (Å²) in [6.07, 6.45) is 1.00. The van der Waals surface area contributed by atoms with Crippen LogP contribution < -0.4 is 20.1 Å². The molecule has 0 saturated heterocycles. The molecule has 0 aliphatic carbocycles. The molecular weight excluding hydrogens is 430 g/mol. The number of thiocarbonyl (C=S) groups is 1. The molecule has 4 rings (SSSR count). The summed E-state index contributed by atoms with van der Waals surface area (Å²) in [4.78, 5) is 2.44. The van der Waals surface area contributed by atoms with Crippen molar-refractivity contribution in [2.45, 2.75) is 19.0 Å². The lowest BCUT2D eigenvalue weighted by Gasteiger charge is -2.30. The number of nitrogens with zero attached hydrogens (tertiary/aromatic N) is 1. The van der Waals surface area contributed by atoms with Gasteiger partial charge >= 0.3 is 0 Å². The fraction of sp³-hybridized carbons (Fsp3) is 0.296. The summed E-state index contributed by atoms with van der Waals surface area (Å²) >= 11 is 5.65. The van der Waals surface area contributed by atoms with Crippen molar-refractivity contribution in [3.8, 4) is 11.5 Å². The third kappa shape index (κ3) is 5.83. The minimum atomic E-state index is 0.0108. The van der Waals surface area contributed by atoms with Crippen LogP contribution in [-0.4, -0.2) is 43.9 Å². The molecule has 1 heterocycles. The molecule has 0 unspecified atom stereocenters. The van der Waals surface area contributed by atoms with E-state index in [4.69, 9.17) is 21.7 Å². The Labute approximate surface area is 201 Å². The first-order chi connectivity index (χ1) is 16.2. The molecule has 5 nitrogen and oxygen atoms in total. The van der Waals surface area contributed by atoms with Crippen molar-refractivity contribution in [1.29, 1.82) is 0 Å². The second kappa shape index (κ2) is 11.2. The number of rotatable bonds is 8. The first kappa shape index (κ1) is 23.1. The molecule has 0 amide bonds. The highest BCUT2D eigenvalue weighted by molar-refractivity contribution is 7.80. The van der Waals surface area contributed by atoms with Gasteiger partial charge in [-0.05, 0) is 53.0 Å². The van der Waals surface area contributed by atoms with Crippen LogP contribution in [-0.2, 0) is 13.0 Å². The van der Waals surface area contributed by atoms with Crippen LogP contribution in [0.4, 0.5) is 0 Å². The molecule has 1 aliphatic heterocycles. The lowest BCUT2D eigenvalue weighted by Crippen LogP contribution is -2.42. The molecule has 0 spiro atoms. The van der Waals surface area contributed by atoms with Crippen molar-refractivity contribution in [3.05, 3.63) is 95.1 Å². The highest BCUT2D eigenvalue weighted by Gasteiger charge is 2.20. The van der Waals surface area contributed by atoms with E-state index in [0.717, 1.165) is 44.1 Å². The Morgan fingerprint density at radius 2 is 1.48 bits per heavy atom. The smallest absolute Gasteiger partial charge is 0.167 e. The quantitative estimate of drug-likeness (QED) is 0.488. The van der Waals surface area contributed by atoms with E-state index >= 15 is 0 Å². The Bertz CT molecular complexity index is 1020. The monoisotopic (exact) mass is 461 g/mol. The number of ether oxygens (including phenoxy) is 2. The Hall–Kier alpha value is -3.09.